The molecule has 0 aliphatic heterocycles. The van der Waals surface area contributed by atoms with E-state index in [0.29, 0.717) is 30.0 Å². The number of ether oxygens (including phenoxy) is 1. The Labute approximate surface area is 199 Å². The molecule has 0 bridgehead atoms. The molecule has 1 saturated carbocycles. The molecule has 0 heterocycles. The van der Waals surface area contributed by atoms with Gasteiger partial charge in [-0.05, 0) is 74.9 Å². The van der Waals surface area contributed by atoms with Crippen LogP contribution in [0.2, 0.25) is 0 Å². The van der Waals surface area contributed by atoms with Crippen LogP contribution in [-0.4, -0.2) is 30.7 Å². The number of nitrogens with zero attached hydrogens (tertiary/aromatic N) is 2. The Kier molecular flexibility index (Phi) is 14.5. The van der Waals surface area contributed by atoms with Crippen LogP contribution in [0, 0.1) is 11.7 Å². The maximum absolute atomic E-state index is 13.2. The molecule has 1 aromatic rings. The molecule has 0 amide bonds. The molecule has 1 aliphatic rings. The van der Waals surface area contributed by atoms with Crippen LogP contribution in [0.25, 0.3) is 0 Å². The smallest absolute Gasteiger partial charge is 0.129 e. The average Bonchev–Trinajstić information content (AvgIpc) is 2.82. The lowest BCUT2D eigenvalue weighted by molar-refractivity contribution is 0.200. The second-order valence-electron chi connectivity index (χ2n) is 8.35. The molecule has 1 aliphatic carbocycles. The number of aliphatic imine (C=N–C) groups is 1. The second-order valence-corrected chi connectivity index (χ2v) is 8.35. The van der Waals surface area contributed by atoms with Gasteiger partial charge in [0.1, 0.15) is 17.3 Å². The van der Waals surface area contributed by atoms with E-state index in [9.17, 15) is 4.39 Å². The fraction of sp³-hybridized carbons (Fsp3) is 0.444. The minimum atomic E-state index is -0.293. The third kappa shape index (κ3) is 12.2. The molecule has 5 nitrogen and oxygen atoms in total. The Morgan fingerprint density at radius 1 is 1.27 bits per heavy atom. The Hall–Kier alpha value is -2.70. The molecule has 1 fully saturated rings. The third-order valence-corrected chi connectivity index (χ3v) is 5.29. The van der Waals surface area contributed by atoms with Crippen molar-refractivity contribution in [3.05, 3.63) is 78.6 Å². The summed E-state index contributed by atoms with van der Waals surface area (Å²) >= 11 is 0. The quantitative estimate of drug-likeness (QED) is 0.105. The Morgan fingerprint density at radius 3 is 2.45 bits per heavy atom. The number of hydrogen-bond donors (Lipinski definition) is 2. The van der Waals surface area contributed by atoms with Crippen LogP contribution in [0.5, 0.6) is 5.75 Å². The normalized spacial score (nSPS) is 15.2. The van der Waals surface area contributed by atoms with E-state index in [-0.39, 0.29) is 5.82 Å². The molecule has 3 N–H and O–H groups in total. The van der Waals surface area contributed by atoms with Gasteiger partial charge in [-0.25, -0.2) is 4.39 Å². The van der Waals surface area contributed by atoms with Crippen molar-refractivity contribution in [3.63, 3.8) is 0 Å². The van der Waals surface area contributed by atoms with Gasteiger partial charge < -0.3 is 9.64 Å². The van der Waals surface area contributed by atoms with Crippen molar-refractivity contribution in [1.82, 2.24) is 10.3 Å². The number of halogens is 1. The molecule has 2 rings (SSSR count). The lowest BCUT2D eigenvalue weighted by Gasteiger charge is -2.37. The minimum absolute atomic E-state index is 0.293. The standard InChI is InChI=1S/C22H31FN4O.C5H10/c1-18(27(16-15-26-24)20-7-4-3-5-8-20)17-22(9-6-14-25-2)28-21-12-10-19(23)11-13-21;1-4-5(2)3/h6,9-14,17,20,26H,2-5,7-8,15-16,24H2,1H3;4-5H,1H2,2-3H3/b14-6+,18-17+,22-9+;. The molecule has 0 saturated heterocycles. The second kappa shape index (κ2) is 16.9. The molecular weight excluding hydrogens is 415 g/mol. The summed E-state index contributed by atoms with van der Waals surface area (Å²) < 4.78 is 19.1. The van der Waals surface area contributed by atoms with Crippen molar-refractivity contribution in [1.29, 1.82) is 0 Å². The van der Waals surface area contributed by atoms with Gasteiger partial charge >= 0.3 is 0 Å². The first-order valence-corrected chi connectivity index (χ1v) is 11.7. The summed E-state index contributed by atoms with van der Waals surface area (Å²) in [5.41, 5.74) is 3.86. The summed E-state index contributed by atoms with van der Waals surface area (Å²) in [5, 5.41) is 0. The van der Waals surface area contributed by atoms with Gasteiger partial charge in [0.05, 0.1) is 0 Å². The maximum Gasteiger partial charge on any atom is 0.129 e. The Morgan fingerprint density at radius 2 is 1.91 bits per heavy atom. The third-order valence-electron chi connectivity index (χ3n) is 5.29. The van der Waals surface area contributed by atoms with Crippen LogP contribution in [0.3, 0.4) is 0 Å². The fourth-order valence-electron chi connectivity index (χ4n) is 3.46. The highest BCUT2D eigenvalue weighted by Crippen LogP contribution is 2.26. The van der Waals surface area contributed by atoms with Gasteiger partial charge in [0.2, 0.25) is 0 Å². The number of nitrogens with two attached hydrogens (primary N) is 1. The van der Waals surface area contributed by atoms with Crippen LogP contribution >= 0.6 is 0 Å². The average molecular weight is 457 g/mol. The highest BCUT2D eigenvalue weighted by Gasteiger charge is 2.21. The Balaban J connectivity index is 0.000000981. The topological polar surface area (TPSA) is 62.9 Å². The molecule has 33 heavy (non-hydrogen) atoms. The first-order valence-electron chi connectivity index (χ1n) is 11.7. The molecule has 0 unspecified atom stereocenters. The number of allylic oxidation sites excluding steroid dienone is 5. The van der Waals surface area contributed by atoms with Gasteiger partial charge in [-0.3, -0.25) is 16.3 Å². The number of nitrogens with one attached hydrogen (secondary N) is 1. The minimum Gasteiger partial charge on any atom is -0.457 e. The van der Waals surface area contributed by atoms with E-state index in [0.717, 1.165) is 12.2 Å². The summed E-state index contributed by atoms with van der Waals surface area (Å²) in [6.07, 6.45) is 15.3. The van der Waals surface area contributed by atoms with Crippen molar-refractivity contribution < 1.29 is 9.13 Å². The van der Waals surface area contributed by atoms with E-state index in [1.807, 2.05) is 18.2 Å². The number of hydrogen-bond acceptors (Lipinski definition) is 5. The molecule has 1 aromatic carbocycles. The van der Waals surface area contributed by atoms with E-state index in [1.165, 1.54) is 44.2 Å². The lowest BCUT2D eigenvalue weighted by atomic mass is 9.93. The van der Waals surface area contributed by atoms with Crippen molar-refractivity contribution in [2.45, 2.75) is 58.9 Å². The monoisotopic (exact) mass is 456 g/mol. The molecule has 6 heteroatoms. The summed E-state index contributed by atoms with van der Waals surface area (Å²) in [6.45, 7) is 14.8. The predicted octanol–water partition coefficient (Wildman–Crippen LogP) is 6.13. The zero-order chi connectivity index (χ0) is 24.5. The molecule has 0 atom stereocenters. The van der Waals surface area contributed by atoms with Crippen LogP contribution in [0.1, 0.15) is 52.9 Å². The van der Waals surface area contributed by atoms with E-state index in [1.54, 1.807) is 24.4 Å². The molecular formula is C27H41FN4O. The molecule has 0 aromatic heterocycles. The predicted molar refractivity (Wildman–Crippen MR) is 138 cm³/mol. The maximum atomic E-state index is 13.2. The van der Waals surface area contributed by atoms with Crippen LogP contribution in [0.4, 0.5) is 4.39 Å². The van der Waals surface area contributed by atoms with Gasteiger partial charge in [-0.2, -0.15) is 0 Å². The molecule has 182 valence electrons. The van der Waals surface area contributed by atoms with Gasteiger partial charge in [0, 0.05) is 31.0 Å². The van der Waals surface area contributed by atoms with Gasteiger partial charge in [0.25, 0.3) is 0 Å². The first kappa shape index (κ1) is 28.3. The van der Waals surface area contributed by atoms with Gasteiger partial charge in [-0.1, -0.05) is 39.2 Å². The van der Waals surface area contributed by atoms with E-state index in [4.69, 9.17) is 10.6 Å². The van der Waals surface area contributed by atoms with Gasteiger partial charge in [0.15, 0.2) is 0 Å². The van der Waals surface area contributed by atoms with Crippen LogP contribution in [-0.2, 0) is 0 Å². The van der Waals surface area contributed by atoms with Crippen molar-refractivity contribution in [3.8, 4) is 5.75 Å². The van der Waals surface area contributed by atoms with Crippen molar-refractivity contribution >= 4 is 6.72 Å². The van der Waals surface area contributed by atoms with Crippen LogP contribution < -0.4 is 16.0 Å². The molecule has 0 spiro atoms. The first-order chi connectivity index (χ1) is 15.9. The largest absolute Gasteiger partial charge is 0.457 e. The van der Waals surface area contributed by atoms with E-state index >= 15 is 0 Å². The highest BCUT2D eigenvalue weighted by atomic mass is 19.1. The van der Waals surface area contributed by atoms with Crippen molar-refractivity contribution in [2.24, 2.45) is 16.8 Å². The van der Waals surface area contributed by atoms with E-state index < -0.39 is 0 Å². The van der Waals surface area contributed by atoms with E-state index in [2.05, 4.69) is 49.4 Å². The number of rotatable bonds is 11. The lowest BCUT2D eigenvalue weighted by Crippen LogP contribution is -2.41. The number of benzene rings is 1. The number of hydrazine groups is 1. The van der Waals surface area contributed by atoms with Crippen molar-refractivity contribution in [2.75, 3.05) is 13.1 Å². The molecule has 0 radical (unpaired) electrons. The SMILES string of the molecule is C=CC(C)C.C=N/C=C/C=C(\C=C(/C)N(CCNN)C1CCCCC1)Oc1ccc(F)cc1. The zero-order valence-electron chi connectivity index (χ0n) is 20.5. The fourth-order valence-corrected chi connectivity index (χ4v) is 3.46. The summed E-state index contributed by atoms with van der Waals surface area (Å²) in [4.78, 5) is 6.12. The van der Waals surface area contributed by atoms with Crippen LogP contribution in [0.15, 0.2) is 77.8 Å². The Bertz CT molecular complexity index is 778. The zero-order valence-corrected chi connectivity index (χ0v) is 20.5. The highest BCUT2D eigenvalue weighted by molar-refractivity contribution is 5.31. The summed E-state index contributed by atoms with van der Waals surface area (Å²) in [6, 6.07) is 6.49. The summed E-state index contributed by atoms with van der Waals surface area (Å²) in [5.74, 6) is 7.09. The van der Waals surface area contributed by atoms with Gasteiger partial charge in [-0.15, -0.1) is 6.58 Å². The summed E-state index contributed by atoms with van der Waals surface area (Å²) in [7, 11) is 0.